The third-order valence-electron chi connectivity index (χ3n) is 3.30. The van der Waals surface area contributed by atoms with E-state index in [1.807, 2.05) is 25.1 Å². The van der Waals surface area contributed by atoms with Crippen molar-refractivity contribution in [2.75, 3.05) is 18.9 Å². The molecule has 0 radical (unpaired) electrons. The highest BCUT2D eigenvalue weighted by Gasteiger charge is 2.16. The second kappa shape index (κ2) is 6.78. The van der Waals surface area contributed by atoms with Crippen LogP contribution in [0.5, 0.6) is 5.75 Å². The molecule has 4 nitrogen and oxygen atoms in total. The van der Waals surface area contributed by atoms with Gasteiger partial charge in [0, 0.05) is 12.1 Å². The first-order chi connectivity index (χ1) is 8.84. The number of hydrogen-bond donors (Lipinski definition) is 3. The number of rotatable bonds is 7. The number of aliphatic hydroxyl groups is 1. The second-order valence-electron chi connectivity index (χ2n) is 5.62. The molecule has 0 saturated heterocycles. The molecule has 4 heteroatoms. The number of nitrogen functional groups attached to an aromatic ring is 1. The van der Waals surface area contributed by atoms with E-state index < -0.39 is 6.10 Å². The van der Waals surface area contributed by atoms with Gasteiger partial charge in [-0.2, -0.15) is 0 Å². The predicted molar refractivity (Wildman–Crippen MR) is 79.5 cm³/mol. The maximum absolute atomic E-state index is 9.90. The van der Waals surface area contributed by atoms with Gasteiger partial charge in [-0.1, -0.05) is 13.0 Å². The van der Waals surface area contributed by atoms with Crippen molar-refractivity contribution in [1.82, 2.24) is 5.32 Å². The molecule has 4 N–H and O–H groups in total. The molecule has 1 unspecified atom stereocenters. The Morgan fingerprint density at radius 1 is 1.42 bits per heavy atom. The molecule has 0 aliphatic heterocycles. The third kappa shape index (κ3) is 5.49. The van der Waals surface area contributed by atoms with Gasteiger partial charge in [-0.25, -0.2) is 0 Å². The van der Waals surface area contributed by atoms with Gasteiger partial charge in [0.15, 0.2) is 0 Å². The van der Waals surface area contributed by atoms with Crippen LogP contribution in [0.15, 0.2) is 18.2 Å². The number of anilines is 1. The number of ether oxygens (including phenoxy) is 1. The van der Waals surface area contributed by atoms with Gasteiger partial charge in [-0.15, -0.1) is 0 Å². The van der Waals surface area contributed by atoms with E-state index in [2.05, 4.69) is 26.1 Å². The molecule has 0 amide bonds. The van der Waals surface area contributed by atoms with E-state index in [0.29, 0.717) is 18.0 Å². The first-order valence-electron chi connectivity index (χ1n) is 6.76. The van der Waals surface area contributed by atoms with Crippen molar-refractivity contribution < 1.29 is 9.84 Å². The SMILES string of the molecule is CCC(C)(C)NCC(O)COc1cc(C)ccc1N. The van der Waals surface area contributed by atoms with Crippen LogP contribution in [0.3, 0.4) is 0 Å². The zero-order chi connectivity index (χ0) is 14.5. The van der Waals surface area contributed by atoms with Gasteiger partial charge < -0.3 is 20.9 Å². The molecule has 1 atom stereocenters. The maximum Gasteiger partial charge on any atom is 0.142 e. The molecule has 0 aliphatic rings. The van der Waals surface area contributed by atoms with Crippen molar-refractivity contribution in [3.63, 3.8) is 0 Å². The molecule has 0 aromatic heterocycles. The zero-order valence-corrected chi connectivity index (χ0v) is 12.4. The van der Waals surface area contributed by atoms with Crippen LogP contribution in [0.2, 0.25) is 0 Å². The molecular weight excluding hydrogens is 240 g/mol. The fourth-order valence-electron chi connectivity index (χ4n) is 1.53. The summed E-state index contributed by atoms with van der Waals surface area (Å²) in [6, 6.07) is 5.63. The Balaban J connectivity index is 2.42. The van der Waals surface area contributed by atoms with Gasteiger partial charge in [0.05, 0.1) is 5.69 Å². The number of hydrogen-bond acceptors (Lipinski definition) is 4. The largest absolute Gasteiger partial charge is 0.489 e. The molecular formula is C15H26N2O2. The molecule has 108 valence electrons. The lowest BCUT2D eigenvalue weighted by Gasteiger charge is -2.26. The Morgan fingerprint density at radius 3 is 2.74 bits per heavy atom. The van der Waals surface area contributed by atoms with E-state index >= 15 is 0 Å². The summed E-state index contributed by atoms with van der Waals surface area (Å²) in [5, 5.41) is 13.2. The average molecular weight is 266 g/mol. The molecule has 1 aromatic carbocycles. The van der Waals surface area contributed by atoms with Crippen LogP contribution in [0.25, 0.3) is 0 Å². The van der Waals surface area contributed by atoms with E-state index in [-0.39, 0.29) is 12.1 Å². The summed E-state index contributed by atoms with van der Waals surface area (Å²) in [4.78, 5) is 0. The molecule has 1 aromatic rings. The first-order valence-corrected chi connectivity index (χ1v) is 6.76. The van der Waals surface area contributed by atoms with Crippen molar-refractivity contribution in [1.29, 1.82) is 0 Å². The van der Waals surface area contributed by atoms with E-state index in [4.69, 9.17) is 10.5 Å². The number of aliphatic hydroxyl groups excluding tert-OH is 1. The van der Waals surface area contributed by atoms with E-state index in [1.54, 1.807) is 0 Å². The van der Waals surface area contributed by atoms with Crippen molar-refractivity contribution in [3.05, 3.63) is 23.8 Å². The number of aryl methyl sites for hydroxylation is 1. The Labute approximate surface area is 116 Å². The van der Waals surface area contributed by atoms with Gasteiger partial charge in [0.2, 0.25) is 0 Å². The summed E-state index contributed by atoms with van der Waals surface area (Å²) in [6.07, 6.45) is 0.455. The molecule has 0 aliphatic carbocycles. The van der Waals surface area contributed by atoms with Gasteiger partial charge in [-0.05, 0) is 44.9 Å². The van der Waals surface area contributed by atoms with Gasteiger partial charge >= 0.3 is 0 Å². The van der Waals surface area contributed by atoms with Crippen LogP contribution < -0.4 is 15.8 Å². The molecule has 0 bridgehead atoms. The van der Waals surface area contributed by atoms with Crippen LogP contribution >= 0.6 is 0 Å². The maximum atomic E-state index is 9.90. The molecule has 0 spiro atoms. The fourth-order valence-corrected chi connectivity index (χ4v) is 1.53. The van der Waals surface area contributed by atoms with Gasteiger partial charge in [0.1, 0.15) is 18.5 Å². The smallest absolute Gasteiger partial charge is 0.142 e. The quantitative estimate of drug-likeness (QED) is 0.661. The lowest BCUT2D eigenvalue weighted by Crippen LogP contribution is -2.44. The summed E-state index contributed by atoms with van der Waals surface area (Å²) < 4.78 is 5.56. The Kier molecular flexibility index (Phi) is 5.63. The Hall–Kier alpha value is -1.26. The molecule has 19 heavy (non-hydrogen) atoms. The van der Waals surface area contributed by atoms with Crippen LogP contribution in [0.1, 0.15) is 32.8 Å². The monoisotopic (exact) mass is 266 g/mol. The third-order valence-corrected chi connectivity index (χ3v) is 3.30. The highest BCUT2D eigenvalue weighted by atomic mass is 16.5. The normalized spacial score (nSPS) is 13.3. The highest BCUT2D eigenvalue weighted by molar-refractivity contribution is 5.53. The van der Waals surface area contributed by atoms with E-state index in [0.717, 1.165) is 12.0 Å². The summed E-state index contributed by atoms with van der Waals surface area (Å²) in [5.41, 5.74) is 7.53. The molecule has 0 fully saturated rings. The Bertz CT molecular complexity index is 405. The summed E-state index contributed by atoms with van der Waals surface area (Å²) in [6.45, 7) is 9.06. The van der Waals surface area contributed by atoms with Crippen molar-refractivity contribution in [3.8, 4) is 5.75 Å². The predicted octanol–water partition coefficient (Wildman–Crippen LogP) is 2.10. The zero-order valence-electron chi connectivity index (χ0n) is 12.4. The van der Waals surface area contributed by atoms with Crippen LogP contribution in [0, 0.1) is 6.92 Å². The molecule has 1 rings (SSSR count). The highest BCUT2D eigenvalue weighted by Crippen LogP contribution is 2.22. The minimum absolute atomic E-state index is 0.0311. The number of benzene rings is 1. The summed E-state index contributed by atoms with van der Waals surface area (Å²) >= 11 is 0. The summed E-state index contributed by atoms with van der Waals surface area (Å²) in [7, 11) is 0. The fraction of sp³-hybridized carbons (Fsp3) is 0.600. The summed E-state index contributed by atoms with van der Waals surface area (Å²) in [5.74, 6) is 0.633. The van der Waals surface area contributed by atoms with Crippen molar-refractivity contribution in [2.24, 2.45) is 0 Å². The number of β-amino-alcohol motifs (C(OH)–C–C–N with tert-alkyl or cyclic N) is 1. The lowest BCUT2D eigenvalue weighted by atomic mass is 10.0. The van der Waals surface area contributed by atoms with Crippen molar-refractivity contribution >= 4 is 5.69 Å². The van der Waals surface area contributed by atoms with E-state index in [9.17, 15) is 5.11 Å². The van der Waals surface area contributed by atoms with Crippen molar-refractivity contribution in [2.45, 2.75) is 45.8 Å². The number of nitrogens with one attached hydrogen (secondary N) is 1. The van der Waals surface area contributed by atoms with Crippen LogP contribution in [-0.4, -0.2) is 29.9 Å². The average Bonchev–Trinajstić information content (AvgIpc) is 2.37. The van der Waals surface area contributed by atoms with Gasteiger partial charge in [-0.3, -0.25) is 0 Å². The minimum atomic E-state index is -0.550. The topological polar surface area (TPSA) is 67.5 Å². The first kappa shape index (κ1) is 15.8. The van der Waals surface area contributed by atoms with Crippen LogP contribution in [0.4, 0.5) is 5.69 Å². The standard InChI is InChI=1S/C15H26N2O2/c1-5-15(3,4)17-9-12(18)10-19-14-8-11(2)6-7-13(14)16/h6-8,12,17-18H,5,9-10,16H2,1-4H3. The minimum Gasteiger partial charge on any atom is -0.489 e. The van der Waals surface area contributed by atoms with E-state index in [1.165, 1.54) is 0 Å². The molecule has 0 heterocycles. The lowest BCUT2D eigenvalue weighted by molar-refractivity contribution is 0.0989. The second-order valence-corrected chi connectivity index (χ2v) is 5.62. The molecule has 0 saturated carbocycles. The number of nitrogens with two attached hydrogens (primary N) is 1. The van der Waals surface area contributed by atoms with Crippen LogP contribution in [-0.2, 0) is 0 Å². The van der Waals surface area contributed by atoms with Gasteiger partial charge in [0.25, 0.3) is 0 Å². The Morgan fingerprint density at radius 2 is 2.11 bits per heavy atom.